The van der Waals surface area contributed by atoms with Crippen molar-refractivity contribution in [3.8, 4) is 22.3 Å². The summed E-state index contributed by atoms with van der Waals surface area (Å²) in [5.41, 5.74) is 2.76. The maximum absolute atomic E-state index is 14.6. The second-order valence-electron chi connectivity index (χ2n) is 6.08. The summed E-state index contributed by atoms with van der Waals surface area (Å²) < 4.78 is 42.3. The summed E-state index contributed by atoms with van der Waals surface area (Å²) in [6, 6.07) is 17.3. The lowest BCUT2D eigenvalue weighted by atomic mass is 9.92. The van der Waals surface area contributed by atoms with Crippen LogP contribution in [0.25, 0.3) is 22.3 Å². The molecule has 0 aliphatic carbocycles. The fraction of sp³-hybridized carbons (Fsp3) is 0.182. The van der Waals surface area contributed by atoms with Gasteiger partial charge in [0.05, 0.1) is 0 Å². The fourth-order valence-corrected chi connectivity index (χ4v) is 2.94. The molecular formula is C22H19F3. The smallest absolute Gasteiger partial charge is 0.195 e. The van der Waals surface area contributed by atoms with E-state index in [-0.39, 0.29) is 5.56 Å². The van der Waals surface area contributed by atoms with Crippen molar-refractivity contribution in [2.75, 3.05) is 0 Å². The van der Waals surface area contributed by atoms with Crippen LogP contribution >= 0.6 is 0 Å². The largest absolute Gasteiger partial charge is 0.204 e. The van der Waals surface area contributed by atoms with Crippen molar-refractivity contribution in [2.24, 2.45) is 0 Å². The third-order valence-corrected chi connectivity index (χ3v) is 4.31. The predicted octanol–water partition coefficient (Wildman–Crippen LogP) is 6.78. The Labute approximate surface area is 146 Å². The molecule has 0 saturated heterocycles. The molecule has 0 aliphatic rings. The van der Waals surface area contributed by atoms with Gasteiger partial charge < -0.3 is 0 Å². The van der Waals surface area contributed by atoms with Crippen molar-refractivity contribution in [3.63, 3.8) is 0 Å². The predicted molar refractivity (Wildman–Crippen MR) is 95.8 cm³/mol. The number of benzene rings is 3. The highest BCUT2D eigenvalue weighted by atomic mass is 19.2. The summed E-state index contributed by atoms with van der Waals surface area (Å²) in [4.78, 5) is 0. The molecule has 0 bridgehead atoms. The van der Waals surface area contributed by atoms with Gasteiger partial charge in [0.1, 0.15) is 0 Å². The van der Waals surface area contributed by atoms with Gasteiger partial charge in [-0.3, -0.25) is 0 Å². The van der Waals surface area contributed by atoms with E-state index in [1.54, 1.807) is 36.4 Å². The molecule has 0 N–H and O–H groups in total. The monoisotopic (exact) mass is 340 g/mol. The van der Waals surface area contributed by atoms with E-state index in [1.807, 2.05) is 18.2 Å². The van der Waals surface area contributed by atoms with Crippen LogP contribution in [-0.2, 0) is 6.42 Å². The SMILES string of the molecule is CCCCc1ccc(-c2c(-c3ccccc3)cc(F)c(F)c2F)cc1. The second-order valence-corrected chi connectivity index (χ2v) is 6.08. The number of hydrogen-bond acceptors (Lipinski definition) is 0. The molecule has 0 radical (unpaired) electrons. The molecule has 0 fully saturated rings. The minimum atomic E-state index is -1.44. The summed E-state index contributed by atoms with van der Waals surface area (Å²) in [5.74, 6) is -3.77. The van der Waals surface area contributed by atoms with E-state index in [2.05, 4.69) is 6.92 Å². The Bertz CT molecular complexity index is 853. The molecule has 25 heavy (non-hydrogen) atoms. The van der Waals surface area contributed by atoms with Gasteiger partial charge in [0.15, 0.2) is 17.5 Å². The minimum Gasteiger partial charge on any atom is -0.204 e. The molecule has 0 unspecified atom stereocenters. The Morgan fingerprint density at radius 2 is 1.44 bits per heavy atom. The number of unbranched alkanes of at least 4 members (excludes halogenated alkanes) is 1. The van der Waals surface area contributed by atoms with Crippen LogP contribution in [0.2, 0.25) is 0 Å². The number of halogens is 3. The van der Waals surface area contributed by atoms with Crippen molar-refractivity contribution in [2.45, 2.75) is 26.2 Å². The molecule has 0 aliphatic heterocycles. The quantitative estimate of drug-likeness (QED) is 0.449. The average molecular weight is 340 g/mol. The van der Waals surface area contributed by atoms with Crippen LogP contribution in [0, 0.1) is 17.5 Å². The third kappa shape index (κ3) is 3.60. The summed E-state index contributed by atoms with van der Waals surface area (Å²) in [5, 5.41) is 0. The summed E-state index contributed by atoms with van der Waals surface area (Å²) in [6.45, 7) is 2.12. The van der Waals surface area contributed by atoms with E-state index in [0.29, 0.717) is 16.7 Å². The molecule has 0 nitrogen and oxygen atoms in total. The number of aryl methyl sites for hydroxylation is 1. The first-order valence-corrected chi connectivity index (χ1v) is 8.44. The first-order chi connectivity index (χ1) is 12.1. The van der Waals surface area contributed by atoms with E-state index in [4.69, 9.17) is 0 Å². The third-order valence-electron chi connectivity index (χ3n) is 4.31. The van der Waals surface area contributed by atoms with Gasteiger partial charge in [-0.25, -0.2) is 13.2 Å². The van der Waals surface area contributed by atoms with Crippen LogP contribution < -0.4 is 0 Å². The lowest BCUT2D eigenvalue weighted by Crippen LogP contribution is -1.98. The van der Waals surface area contributed by atoms with Gasteiger partial charge in [0, 0.05) is 5.56 Å². The zero-order valence-corrected chi connectivity index (χ0v) is 14.0. The molecule has 0 aromatic heterocycles. The van der Waals surface area contributed by atoms with Crippen molar-refractivity contribution in [1.29, 1.82) is 0 Å². The van der Waals surface area contributed by atoms with Gasteiger partial charge in [-0.15, -0.1) is 0 Å². The van der Waals surface area contributed by atoms with Crippen molar-refractivity contribution in [3.05, 3.63) is 83.7 Å². The Kier molecular flexibility index (Phi) is 5.22. The van der Waals surface area contributed by atoms with E-state index in [1.165, 1.54) is 0 Å². The molecule has 0 amide bonds. The Balaban J connectivity index is 2.13. The van der Waals surface area contributed by atoms with Crippen LogP contribution in [0.1, 0.15) is 25.3 Å². The van der Waals surface area contributed by atoms with E-state index >= 15 is 0 Å². The lowest BCUT2D eigenvalue weighted by molar-refractivity contribution is 0.449. The van der Waals surface area contributed by atoms with E-state index in [9.17, 15) is 13.2 Å². The highest BCUT2D eigenvalue weighted by Gasteiger charge is 2.20. The van der Waals surface area contributed by atoms with E-state index in [0.717, 1.165) is 30.9 Å². The standard InChI is InChI=1S/C22H19F3/c1-2-3-7-15-10-12-17(13-11-15)20-18(16-8-5-4-6-9-16)14-19(23)21(24)22(20)25/h4-6,8-14H,2-3,7H2,1H3. The minimum absolute atomic E-state index is 0.0899. The molecule has 3 rings (SSSR count). The molecule has 0 saturated carbocycles. The molecule has 3 aromatic carbocycles. The Morgan fingerprint density at radius 3 is 2.08 bits per heavy atom. The van der Waals surface area contributed by atoms with Crippen LogP contribution in [0.3, 0.4) is 0 Å². The highest BCUT2D eigenvalue weighted by Crippen LogP contribution is 2.36. The molecule has 0 heterocycles. The van der Waals surface area contributed by atoms with Gasteiger partial charge in [-0.2, -0.15) is 0 Å². The zero-order chi connectivity index (χ0) is 17.8. The molecule has 3 aromatic rings. The van der Waals surface area contributed by atoms with Crippen molar-refractivity contribution < 1.29 is 13.2 Å². The van der Waals surface area contributed by atoms with E-state index < -0.39 is 17.5 Å². The molecule has 0 atom stereocenters. The molecule has 0 spiro atoms. The molecule has 128 valence electrons. The normalized spacial score (nSPS) is 10.9. The lowest BCUT2D eigenvalue weighted by Gasteiger charge is -2.13. The van der Waals surface area contributed by atoms with Gasteiger partial charge in [0.25, 0.3) is 0 Å². The van der Waals surface area contributed by atoms with Crippen molar-refractivity contribution in [1.82, 2.24) is 0 Å². The van der Waals surface area contributed by atoms with Crippen LogP contribution in [0.15, 0.2) is 60.7 Å². The van der Waals surface area contributed by atoms with Gasteiger partial charge >= 0.3 is 0 Å². The summed E-state index contributed by atoms with van der Waals surface area (Å²) >= 11 is 0. The van der Waals surface area contributed by atoms with Crippen molar-refractivity contribution >= 4 is 0 Å². The number of hydrogen-bond donors (Lipinski definition) is 0. The van der Waals surface area contributed by atoms with Gasteiger partial charge in [-0.1, -0.05) is 67.9 Å². The number of rotatable bonds is 5. The maximum atomic E-state index is 14.6. The molecular weight excluding hydrogens is 321 g/mol. The Hall–Kier alpha value is -2.55. The highest BCUT2D eigenvalue weighted by molar-refractivity contribution is 5.84. The van der Waals surface area contributed by atoms with Gasteiger partial charge in [0.2, 0.25) is 0 Å². The van der Waals surface area contributed by atoms with Crippen LogP contribution in [0.4, 0.5) is 13.2 Å². The Morgan fingerprint density at radius 1 is 0.760 bits per heavy atom. The molecule has 3 heteroatoms. The zero-order valence-electron chi connectivity index (χ0n) is 14.0. The summed E-state index contributed by atoms with van der Waals surface area (Å²) in [7, 11) is 0. The maximum Gasteiger partial charge on any atom is 0.195 e. The average Bonchev–Trinajstić information content (AvgIpc) is 2.65. The van der Waals surface area contributed by atoms with Crippen LogP contribution in [-0.4, -0.2) is 0 Å². The topological polar surface area (TPSA) is 0 Å². The summed E-state index contributed by atoms with van der Waals surface area (Å²) in [6.07, 6.45) is 3.12. The second kappa shape index (κ2) is 7.56. The fourth-order valence-electron chi connectivity index (χ4n) is 2.94. The van der Waals surface area contributed by atoms with Gasteiger partial charge in [-0.05, 0) is 41.2 Å². The van der Waals surface area contributed by atoms with Crippen LogP contribution in [0.5, 0.6) is 0 Å². The first-order valence-electron chi connectivity index (χ1n) is 8.44. The first kappa shape index (κ1) is 17.3.